The quantitative estimate of drug-likeness (QED) is 0.565. The number of hydrogen-bond donors (Lipinski definition) is 2. The number of rotatable bonds is 5. The summed E-state index contributed by atoms with van der Waals surface area (Å²) < 4.78 is 0. The molecule has 1 aliphatic heterocycles. The number of anilines is 2. The largest absolute Gasteiger partial charge is 0.316 e. The molecule has 1 saturated heterocycles. The first-order valence-corrected chi connectivity index (χ1v) is 9.36. The van der Waals surface area contributed by atoms with Crippen molar-refractivity contribution in [2.45, 2.75) is 13.0 Å². The second-order valence-electron chi connectivity index (χ2n) is 6.33. The van der Waals surface area contributed by atoms with Gasteiger partial charge in [-0.25, -0.2) is 15.0 Å². The minimum atomic E-state index is 0.797. The zero-order chi connectivity index (χ0) is 17.3. The van der Waals surface area contributed by atoms with E-state index in [2.05, 4.69) is 47.5 Å². The molecule has 5 rings (SSSR count). The highest BCUT2D eigenvalue weighted by atomic mass is 32.1. The molecule has 0 aliphatic carbocycles. The second-order valence-corrected chi connectivity index (χ2v) is 7.31. The van der Waals surface area contributed by atoms with E-state index in [1.807, 2.05) is 24.5 Å². The predicted molar refractivity (Wildman–Crippen MR) is 102 cm³/mol. The van der Waals surface area contributed by atoms with Gasteiger partial charge in [0.2, 0.25) is 0 Å². The van der Waals surface area contributed by atoms with Crippen LogP contribution in [0.15, 0.2) is 42.9 Å². The van der Waals surface area contributed by atoms with Gasteiger partial charge in [0.15, 0.2) is 5.13 Å². The summed E-state index contributed by atoms with van der Waals surface area (Å²) in [6, 6.07) is 8.11. The van der Waals surface area contributed by atoms with E-state index < -0.39 is 0 Å². The van der Waals surface area contributed by atoms with Gasteiger partial charge in [0.1, 0.15) is 16.2 Å². The molecule has 5 heterocycles. The maximum absolute atomic E-state index is 4.68. The molecule has 0 radical (unpaired) electrons. The Balaban J connectivity index is 1.38. The van der Waals surface area contributed by atoms with E-state index in [0.717, 1.165) is 39.1 Å². The molecule has 1 fully saturated rings. The number of H-pyrrole nitrogens is 1. The van der Waals surface area contributed by atoms with E-state index in [1.54, 1.807) is 6.20 Å². The fourth-order valence-corrected chi connectivity index (χ4v) is 3.82. The fraction of sp³-hybridized carbons (Fsp3) is 0.222. The van der Waals surface area contributed by atoms with Gasteiger partial charge in [-0.1, -0.05) is 11.3 Å². The Bertz CT molecular complexity index is 1040. The lowest BCUT2D eigenvalue weighted by Crippen LogP contribution is -2.36. The van der Waals surface area contributed by atoms with Crippen LogP contribution in [-0.4, -0.2) is 43.1 Å². The molecule has 2 N–H and O–H groups in total. The van der Waals surface area contributed by atoms with E-state index >= 15 is 0 Å². The van der Waals surface area contributed by atoms with E-state index in [-0.39, 0.29) is 0 Å². The topological polar surface area (TPSA) is 82.6 Å². The van der Waals surface area contributed by atoms with Crippen molar-refractivity contribution < 1.29 is 0 Å². The number of aromatic nitrogens is 5. The lowest BCUT2D eigenvalue weighted by Gasteiger charge is -2.30. The van der Waals surface area contributed by atoms with Crippen LogP contribution in [0.4, 0.5) is 10.9 Å². The number of hydrogen-bond acceptors (Lipinski definition) is 7. The molecule has 0 bridgehead atoms. The first kappa shape index (κ1) is 15.4. The molecule has 0 saturated carbocycles. The summed E-state index contributed by atoms with van der Waals surface area (Å²) in [5, 5.41) is 10.9. The van der Waals surface area contributed by atoms with Crippen LogP contribution >= 0.6 is 11.3 Å². The summed E-state index contributed by atoms with van der Waals surface area (Å²) in [6.45, 7) is 3.36. The Labute approximate surface area is 154 Å². The van der Waals surface area contributed by atoms with Crippen molar-refractivity contribution in [3.63, 3.8) is 0 Å². The third-order valence-corrected chi connectivity index (χ3v) is 5.34. The highest BCUT2D eigenvalue weighted by Crippen LogP contribution is 2.29. The first-order chi connectivity index (χ1) is 12.8. The number of nitrogens with zero attached hydrogens (tertiary/aromatic N) is 5. The van der Waals surface area contributed by atoms with Crippen LogP contribution in [0.2, 0.25) is 0 Å². The maximum Gasteiger partial charge on any atom is 0.190 e. The van der Waals surface area contributed by atoms with Crippen molar-refractivity contribution in [2.24, 2.45) is 0 Å². The third kappa shape index (κ3) is 3.04. The van der Waals surface area contributed by atoms with Gasteiger partial charge in [-0.05, 0) is 49.3 Å². The molecule has 1 aliphatic rings. The van der Waals surface area contributed by atoms with Gasteiger partial charge < -0.3 is 5.32 Å². The monoisotopic (exact) mass is 363 g/mol. The lowest BCUT2D eigenvalue weighted by molar-refractivity contribution is 0.172. The summed E-state index contributed by atoms with van der Waals surface area (Å²) >= 11 is 1.52. The van der Waals surface area contributed by atoms with Crippen LogP contribution in [0, 0.1) is 0 Å². The summed E-state index contributed by atoms with van der Waals surface area (Å²) in [5.74, 6) is 0.817. The molecular weight excluding hydrogens is 346 g/mol. The molecule has 0 atom stereocenters. The average Bonchev–Trinajstić information content (AvgIpc) is 3.27. The highest BCUT2D eigenvalue weighted by Gasteiger charge is 2.14. The molecule has 0 aromatic carbocycles. The second kappa shape index (κ2) is 6.47. The van der Waals surface area contributed by atoms with E-state index in [9.17, 15) is 0 Å². The molecule has 26 heavy (non-hydrogen) atoms. The Kier molecular flexibility index (Phi) is 3.84. The van der Waals surface area contributed by atoms with Gasteiger partial charge in [0.25, 0.3) is 0 Å². The Morgan fingerprint density at radius 1 is 1.19 bits per heavy atom. The minimum absolute atomic E-state index is 0.797. The molecule has 0 amide bonds. The smallest absolute Gasteiger partial charge is 0.190 e. The van der Waals surface area contributed by atoms with E-state index in [1.165, 1.54) is 36.4 Å². The van der Waals surface area contributed by atoms with Crippen LogP contribution in [0.3, 0.4) is 0 Å². The molecule has 8 heteroatoms. The normalized spacial score (nSPS) is 14.5. The van der Waals surface area contributed by atoms with Crippen LogP contribution in [-0.2, 0) is 6.54 Å². The Morgan fingerprint density at radius 2 is 2.15 bits per heavy atom. The summed E-state index contributed by atoms with van der Waals surface area (Å²) in [5.41, 5.74) is 4.00. The van der Waals surface area contributed by atoms with Gasteiger partial charge >= 0.3 is 0 Å². The SMILES string of the molecule is c1cc(CN2CCC2)cc(Nc2nc3ccc(-c4cn[nH]c4)nc3s2)n1. The van der Waals surface area contributed by atoms with Gasteiger partial charge in [0, 0.05) is 24.5 Å². The van der Waals surface area contributed by atoms with Crippen molar-refractivity contribution in [2.75, 3.05) is 18.4 Å². The van der Waals surface area contributed by atoms with Crippen LogP contribution in [0.5, 0.6) is 0 Å². The number of aromatic amines is 1. The van der Waals surface area contributed by atoms with Crippen LogP contribution in [0.25, 0.3) is 21.6 Å². The standard InChI is InChI=1S/C18H17N7S/c1-6-25(7-1)11-12-4-5-19-16(8-12)24-18-23-15-3-2-14(22-17(15)26-18)13-9-20-21-10-13/h2-5,8-10H,1,6-7,11H2,(H,20,21)(H,19,23,24). The van der Waals surface area contributed by atoms with Gasteiger partial charge in [-0.3, -0.25) is 10.00 Å². The number of pyridine rings is 2. The van der Waals surface area contributed by atoms with Crippen molar-refractivity contribution in [1.29, 1.82) is 0 Å². The van der Waals surface area contributed by atoms with Crippen molar-refractivity contribution in [1.82, 2.24) is 30.0 Å². The predicted octanol–water partition coefficient (Wildman–Crippen LogP) is 3.43. The molecule has 4 aromatic rings. The van der Waals surface area contributed by atoms with Crippen LogP contribution in [0.1, 0.15) is 12.0 Å². The third-order valence-electron chi connectivity index (χ3n) is 4.46. The van der Waals surface area contributed by atoms with E-state index in [0.29, 0.717) is 0 Å². The van der Waals surface area contributed by atoms with Crippen LogP contribution < -0.4 is 5.32 Å². The summed E-state index contributed by atoms with van der Waals surface area (Å²) in [4.78, 5) is 17.0. The Morgan fingerprint density at radius 3 is 2.96 bits per heavy atom. The fourth-order valence-electron chi connectivity index (χ4n) is 2.97. The summed E-state index contributed by atoms with van der Waals surface area (Å²) in [7, 11) is 0. The molecule has 7 nitrogen and oxygen atoms in total. The molecular formula is C18H17N7S. The zero-order valence-electron chi connectivity index (χ0n) is 14.0. The zero-order valence-corrected chi connectivity index (χ0v) is 14.8. The number of thiazole rings is 1. The highest BCUT2D eigenvalue weighted by molar-refractivity contribution is 7.21. The lowest BCUT2D eigenvalue weighted by atomic mass is 10.1. The van der Waals surface area contributed by atoms with E-state index in [4.69, 9.17) is 0 Å². The maximum atomic E-state index is 4.68. The summed E-state index contributed by atoms with van der Waals surface area (Å²) in [6.07, 6.45) is 6.75. The number of likely N-dealkylation sites (tertiary alicyclic amines) is 1. The van der Waals surface area contributed by atoms with Crippen molar-refractivity contribution in [3.8, 4) is 11.3 Å². The molecule has 0 spiro atoms. The Hall–Kier alpha value is -2.84. The molecule has 4 aromatic heterocycles. The van der Waals surface area contributed by atoms with Crippen molar-refractivity contribution >= 4 is 32.6 Å². The van der Waals surface area contributed by atoms with Gasteiger partial charge in [-0.15, -0.1) is 0 Å². The molecule has 0 unspecified atom stereocenters. The van der Waals surface area contributed by atoms with Gasteiger partial charge in [0.05, 0.1) is 11.9 Å². The minimum Gasteiger partial charge on any atom is -0.316 e. The molecule has 130 valence electrons. The average molecular weight is 363 g/mol. The number of fused-ring (bicyclic) bond motifs is 1. The number of nitrogens with one attached hydrogen (secondary N) is 2. The van der Waals surface area contributed by atoms with Crippen molar-refractivity contribution in [3.05, 3.63) is 48.4 Å². The first-order valence-electron chi connectivity index (χ1n) is 8.54. The van der Waals surface area contributed by atoms with Gasteiger partial charge in [-0.2, -0.15) is 5.10 Å².